The Morgan fingerprint density at radius 2 is 1.73 bits per heavy atom. The van der Waals surface area contributed by atoms with Crippen LogP contribution in [0.15, 0.2) is 84.9 Å². The average Bonchev–Trinajstić information content (AvgIpc) is 3.32. The first-order chi connectivity index (χ1) is 19.3. The molecule has 1 saturated carbocycles. The van der Waals surface area contributed by atoms with Crippen molar-refractivity contribution in [3.05, 3.63) is 107 Å². The lowest BCUT2D eigenvalue weighted by molar-refractivity contribution is -0.237. The van der Waals surface area contributed by atoms with Gasteiger partial charge in [-0.2, -0.15) is 0 Å². The summed E-state index contributed by atoms with van der Waals surface area (Å²) in [5.74, 6) is 1.44. The Bertz CT molecular complexity index is 1500. The first-order valence-electron chi connectivity index (χ1n) is 14.7. The number of likely N-dealkylation sites (N-methyl/N-ethyl adjacent to an activating group) is 1. The molecule has 5 heteroatoms. The van der Waals surface area contributed by atoms with Crippen LogP contribution in [0.25, 0.3) is 0 Å². The topological polar surface area (TPSA) is 62.2 Å². The molecule has 3 aromatic carbocycles. The van der Waals surface area contributed by atoms with Crippen LogP contribution in [0.1, 0.15) is 42.0 Å². The van der Waals surface area contributed by atoms with Crippen molar-refractivity contribution < 1.29 is 19.7 Å². The molecule has 2 aliphatic heterocycles. The summed E-state index contributed by atoms with van der Waals surface area (Å²) in [6.45, 7) is 3.38. The third kappa shape index (κ3) is 3.03. The molecule has 3 aromatic rings. The summed E-state index contributed by atoms with van der Waals surface area (Å²) < 4.78 is 13.3. The maximum Gasteiger partial charge on any atom is 0.142 e. The summed E-state index contributed by atoms with van der Waals surface area (Å²) in [7, 11) is 2.23. The molecule has 2 fully saturated rings. The number of likely N-dealkylation sites (tertiary alicyclic amines) is 1. The molecule has 206 valence electrons. The summed E-state index contributed by atoms with van der Waals surface area (Å²) >= 11 is 0. The third-order valence-electron chi connectivity index (χ3n) is 11.1. The van der Waals surface area contributed by atoms with Crippen molar-refractivity contribution in [3.8, 4) is 11.5 Å². The minimum Gasteiger partial charge on any atom is -0.489 e. The predicted octanol–water partition coefficient (Wildman–Crippen LogP) is 4.83. The van der Waals surface area contributed by atoms with E-state index in [-0.39, 0.29) is 22.8 Å². The van der Waals surface area contributed by atoms with E-state index in [0.717, 1.165) is 48.4 Å². The number of fused-ring (bicyclic) bond motifs is 1. The summed E-state index contributed by atoms with van der Waals surface area (Å²) in [6.07, 6.45) is 6.85. The van der Waals surface area contributed by atoms with E-state index in [4.69, 9.17) is 9.47 Å². The van der Waals surface area contributed by atoms with E-state index in [1.807, 2.05) is 49.4 Å². The highest BCUT2D eigenvalue weighted by molar-refractivity contribution is 5.64. The van der Waals surface area contributed by atoms with Gasteiger partial charge in [-0.3, -0.25) is 0 Å². The smallest absolute Gasteiger partial charge is 0.142 e. The number of nitrogens with zero attached hydrogens (tertiary/aromatic N) is 1. The maximum atomic E-state index is 12.6. The number of aliphatic hydroxyl groups is 2. The van der Waals surface area contributed by atoms with Crippen LogP contribution in [0.5, 0.6) is 11.5 Å². The Morgan fingerprint density at radius 1 is 1.00 bits per heavy atom. The lowest BCUT2D eigenvalue weighted by Gasteiger charge is -2.71. The van der Waals surface area contributed by atoms with E-state index >= 15 is 0 Å². The second-order valence-corrected chi connectivity index (χ2v) is 13.1. The molecule has 0 aromatic heterocycles. The number of benzene rings is 3. The first-order valence-corrected chi connectivity index (χ1v) is 14.7. The van der Waals surface area contributed by atoms with Gasteiger partial charge in [-0.15, -0.1) is 0 Å². The number of hydrogen-bond acceptors (Lipinski definition) is 5. The van der Waals surface area contributed by atoms with E-state index < -0.39 is 17.3 Å². The molecule has 1 saturated heterocycles. The molecule has 9 rings (SSSR count). The van der Waals surface area contributed by atoms with Gasteiger partial charge >= 0.3 is 0 Å². The highest BCUT2D eigenvalue weighted by atomic mass is 16.5. The fraction of sp³-hybridized carbons (Fsp3) is 0.429. The molecule has 40 heavy (non-hydrogen) atoms. The van der Waals surface area contributed by atoms with Crippen LogP contribution < -0.4 is 9.47 Å². The van der Waals surface area contributed by atoms with E-state index in [1.165, 1.54) is 11.1 Å². The van der Waals surface area contributed by atoms with Gasteiger partial charge in [-0.1, -0.05) is 72.8 Å². The number of piperidine rings is 1. The van der Waals surface area contributed by atoms with Crippen LogP contribution in [-0.4, -0.2) is 52.1 Å². The van der Waals surface area contributed by atoms with Gasteiger partial charge in [0.25, 0.3) is 0 Å². The third-order valence-corrected chi connectivity index (χ3v) is 11.1. The molecular weight excluding hydrogens is 498 g/mol. The van der Waals surface area contributed by atoms with Gasteiger partial charge in [0.2, 0.25) is 0 Å². The van der Waals surface area contributed by atoms with Gasteiger partial charge in [-0.05, 0) is 63.0 Å². The SMILES string of the molecule is CN1CC[C@@]23c4c5ccc(OCc6ccccc6)c4C[C@@H]1[C@]21C=C[C@](O)([C@@H]3O5)[C@@H]([C@](C)(O)Cc2ccccc2)C1. The van der Waals surface area contributed by atoms with E-state index in [2.05, 4.69) is 54.4 Å². The van der Waals surface area contributed by atoms with Gasteiger partial charge < -0.3 is 24.6 Å². The molecule has 0 radical (unpaired) electrons. The zero-order valence-corrected chi connectivity index (χ0v) is 23.2. The Balaban J connectivity index is 1.24. The van der Waals surface area contributed by atoms with Gasteiger partial charge in [0.1, 0.15) is 29.8 Å². The fourth-order valence-corrected chi connectivity index (χ4v) is 9.48. The van der Waals surface area contributed by atoms with E-state index in [0.29, 0.717) is 13.0 Å². The zero-order chi connectivity index (χ0) is 27.3. The zero-order valence-electron chi connectivity index (χ0n) is 23.2. The normalized spacial score (nSPS) is 36.0. The highest BCUT2D eigenvalue weighted by Gasteiger charge is 2.79. The van der Waals surface area contributed by atoms with Crippen molar-refractivity contribution >= 4 is 0 Å². The molecule has 4 bridgehead atoms. The van der Waals surface area contributed by atoms with Gasteiger partial charge in [-0.25, -0.2) is 0 Å². The Morgan fingerprint density at radius 3 is 2.48 bits per heavy atom. The van der Waals surface area contributed by atoms with Crippen molar-refractivity contribution in [1.82, 2.24) is 4.90 Å². The van der Waals surface area contributed by atoms with Crippen molar-refractivity contribution in [2.45, 2.75) is 68.0 Å². The summed E-state index contributed by atoms with van der Waals surface area (Å²) in [6, 6.07) is 24.8. The van der Waals surface area contributed by atoms with Crippen LogP contribution in [0.4, 0.5) is 0 Å². The molecule has 2 heterocycles. The first kappa shape index (κ1) is 24.7. The number of ether oxygens (including phenoxy) is 2. The van der Waals surface area contributed by atoms with Crippen LogP contribution in [0, 0.1) is 11.3 Å². The maximum absolute atomic E-state index is 12.6. The molecule has 7 atom stereocenters. The summed E-state index contributed by atoms with van der Waals surface area (Å²) in [5, 5.41) is 24.7. The Kier molecular flexibility index (Phi) is 5.07. The highest BCUT2D eigenvalue weighted by Crippen LogP contribution is 2.74. The monoisotopic (exact) mass is 535 g/mol. The van der Waals surface area contributed by atoms with Crippen LogP contribution in [-0.2, 0) is 24.9 Å². The molecule has 0 unspecified atom stereocenters. The van der Waals surface area contributed by atoms with Crippen LogP contribution in [0.3, 0.4) is 0 Å². The molecule has 2 N–H and O–H groups in total. The fourth-order valence-electron chi connectivity index (χ4n) is 9.48. The van der Waals surface area contributed by atoms with Crippen LogP contribution in [0.2, 0.25) is 0 Å². The van der Waals surface area contributed by atoms with Crippen molar-refractivity contribution in [2.75, 3.05) is 13.6 Å². The molecular formula is C35H37NO4. The van der Waals surface area contributed by atoms with Gasteiger partial charge in [0.05, 0.1) is 11.0 Å². The molecule has 6 aliphatic rings. The number of rotatable bonds is 6. The van der Waals surface area contributed by atoms with Crippen LogP contribution >= 0.6 is 0 Å². The van der Waals surface area contributed by atoms with E-state index in [1.54, 1.807) is 0 Å². The summed E-state index contributed by atoms with van der Waals surface area (Å²) in [5.41, 5.74) is 1.73. The predicted molar refractivity (Wildman–Crippen MR) is 153 cm³/mol. The summed E-state index contributed by atoms with van der Waals surface area (Å²) in [4.78, 5) is 2.50. The second-order valence-electron chi connectivity index (χ2n) is 13.1. The lowest BCUT2D eigenvalue weighted by atomic mass is 9.36. The molecule has 5 nitrogen and oxygen atoms in total. The quantitative estimate of drug-likeness (QED) is 0.443. The number of hydrogen-bond donors (Lipinski definition) is 2. The van der Waals surface area contributed by atoms with Crippen molar-refractivity contribution in [1.29, 1.82) is 0 Å². The standard InChI is InChI=1S/C35H37NO4/c1-32(37,20-23-9-5-3-6-10-23)28-21-33-15-16-35(28,38)31-34(33)17-18-36(2)29(33)19-25-26(13-14-27(40-31)30(25)34)39-22-24-11-7-4-8-12-24/h3-16,28-29,31,37-38H,17-22H2,1-2H3/t28-,29-,31-,32-,33-,34+,35-/m1/s1. The lowest BCUT2D eigenvalue weighted by Crippen LogP contribution is -2.80. The molecule has 4 aliphatic carbocycles. The van der Waals surface area contributed by atoms with Gasteiger partial charge in [0.15, 0.2) is 0 Å². The second kappa shape index (κ2) is 8.22. The molecule has 0 amide bonds. The minimum absolute atomic E-state index is 0.225. The Hall–Kier alpha value is -3.12. The average molecular weight is 536 g/mol. The Labute approximate surface area is 236 Å². The molecule has 2 spiro atoms. The van der Waals surface area contributed by atoms with Gasteiger partial charge in [0, 0.05) is 34.9 Å². The largest absolute Gasteiger partial charge is 0.489 e. The van der Waals surface area contributed by atoms with E-state index in [9.17, 15) is 10.2 Å². The minimum atomic E-state index is -1.28. The van der Waals surface area contributed by atoms with Crippen molar-refractivity contribution in [2.24, 2.45) is 11.3 Å². The van der Waals surface area contributed by atoms with Crippen molar-refractivity contribution in [3.63, 3.8) is 0 Å².